The van der Waals surface area contributed by atoms with Gasteiger partial charge in [-0.15, -0.1) is 25.3 Å². The number of ketones is 2. The first-order valence-electron chi connectivity index (χ1n) is 8.29. The van der Waals surface area contributed by atoms with Gasteiger partial charge in [0.1, 0.15) is 24.4 Å². The lowest BCUT2D eigenvalue weighted by Gasteiger charge is -2.23. The van der Waals surface area contributed by atoms with Gasteiger partial charge in [0, 0.05) is 0 Å². The molecule has 0 atom stereocenters. The van der Waals surface area contributed by atoms with Crippen molar-refractivity contribution in [3.63, 3.8) is 0 Å². The first-order chi connectivity index (χ1) is 14.4. The molecule has 0 aromatic heterocycles. The zero-order valence-electron chi connectivity index (χ0n) is 17.3. The van der Waals surface area contributed by atoms with Crippen molar-refractivity contribution in [3.05, 3.63) is 0 Å². The molecule has 0 aromatic carbocycles. The number of carbonyl (C=O) groups excluding carboxylic acids is 2. The second-order valence-electron chi connectivity index (χ2n) is 6.08. The van der Waals surface area contributed by atoms with Crippen molar-refractivity contribution in [2.75, 3.05) is 26.4 Å². The Bertz CT molecular complexity index is 524. The number of carboxylic acids is 3. The van der Waals surface area contributed by atoms with Gasteiger partial charge in [0.25, 0.3) is 0 Å². The van der Waals surface area contributed by atoms with Crippen LogP contribution in [0.4, 0.5) is 0 Å². The molecule has 16 heteroatoms. The Morgan fingerprint density at radius 3 is 0.938 bits per heavy atom. The van der Waals surface area contributed by atoms with Gasteiger partial charge in [-0.05, 0) is 13.8 Å². The summed E-state index contributed by atoms with van der Waals surface area (Å²) in [5, 5.41) is 58.1. The molecule has 32 heavy (non-hydrogen) atoms. The van der Waals surface area contributed by atoms with E-state index in [9.17, 15) is 24.0 Å². The summed E-state index contributed by atoms with van der Waals surface area (Å²) in [6, 6.07) is 0. The summed E-state index contributed by atoms with van der Waals surface area (Å²) < 4.78 is -2.16. The number of hydrogen-bond acceptors (Lipinski definition) is 13. The fourth-order valence-corrected chi connectivity index (χ4v) is 1.06. The zero-order valence-corrected chi connectivity index (χ0v) is 20.9. The Labute approximate surface area is 206 Å². The Morgan fingerprint density at radius 2 is 0.938 bits per heavy atom. The van der Waals surface area contributed by atoms with Gasteiger partial charge in [0.15, 0.2) is 4.08 Å². The predicted octanol–water partition coefficient (Wildman–Crippen LogP) is -1.15. The number of aliphatic hydroxyl groups excluding tert-OH is 4. The quantitative estimate of drug-likeness (QED) is 0.0894. The molecular formula is C16H30O12S4. The number of hydrogen-bond donors (Lipinski definition) is 11. The number of aliphatic carboxylic acids is 3. The summed E-state index contributed by atoms with van der Waals surface area (Å²) in [6.45, 7) is 0.863. The molecule has 12 nitrogen and oxygen atoms in total. The summed E-state index contributed by atoms with van der Waals surface area (Å²) in [5.74, 6) is -3.90. The maximum Gasteiger partial charge on any atom is 0.331 e. The fraction of sp³-hybridized carbons (Fsp3) is 0.688. The van der Waals surface area contributed by atoms with Crippen molar-refractivity contribution < 1.29 is 59.7 Å². The van der Waals surface area contributed by atoms with E-state index in [1.165, 1.54) is 13.8 Å². The van der Waals surface area contributed by atoms with E-state index in [0.29, 0.717) is 0 Å². The van der Waals surface area contributed by atoms with Crippen LogP contribution in [-0.4, -0.2) is 100 Å². The minimum Gasteiger partial charge on any atom is -0.481 e. The molecule has 0 spiro atoms. The normalized spacial score (nSPS) is 10.3. The standard InChI is InChI=1S/C5H12O4.2C4H6O3.C3H6O2S4/c6-1-5(2-7,3-8)4-9;2*1-3(5)2-4(6)7;4-1(5)3(8,9)2(6)7/h6-9H,1-4H2;2*2H2,1H3,(H,6,7);2,6-9H,(H,4,5). The van der Waals surface area contributed by atoms with E-state index < -0.39 is 58.4 Å². The van der Waals surface area contributed by atoms with E-state index in [-0.39, 0.29) is 24.4 Å². The van der Waals surface area contributed by atoms with E-state index in [0.717, 1.165) is 0 Å². The lowest BCUT2D eigenvalue weighted by Crippen LogP contribution is -2.37. The topological polar surface area (TPSA) is 227 Å². The van der Waals surface area contributed by atoms with Gasteiger partial charge in [-0.3, -0.25) is 19.2 Å². The van der Waals surface area contributed by atoms with Crippen LogP contribution in [0.15, 0.2) is 0 Å². The third-order valence-corrected chi connectivity index (χ3v) is 5.31. The first kappa shape index (κ1) is 38.3. The minimum absolute atomic E-state index is 0.312. The van der Waals surface area contributed by atoms with Gasteiger partial charge in [0.2, 0.25) is 0 Å². The molecule has 7 N–H and O–H groups in total. The number of carboxylic acid groups (broad SMARTS) is 3. The highest BCUT2D eigenvalue weighted by atomic mass is 32.2. The Morgan fingerprint density at radius 1 is 0.688 bits per heavy atom. The van der Waals surface area contributed by atoms with Crippen LogP contribution in [0.1, 0.15) is 26.7 Å². The molecule has 0 aliphatic rings. The average Bonchev–Trinajstić information content (AvgIpc) is 2.63. The molecule has 0 amide bonds. The van der Waals surface area contributed by atoms with Crippen LogP contribution in [0.2, 0.25) is 0 Å². The van der Waals surface area contributed by atoms with Crippen LogP contribution in [0, 0.1) is 5.41 Å². The molecule has 0 unspecified atom stereocenters. The van der Waals surface area contributed by atoms with Gasteiger partial charge >= 0.3 is 17.9 Å². The van der Waals surface area contributed by atoms with E-state index in [1.54, 1.807) is 0 Å². The van der Waals surface area contributed by atoms with Crippen molar-refractivity contribution in [2.45, 2.75) is 35.4 Å². The first-order valence-corrected chi connectivity index (χ1v) is 10.2. The largest absolute Gasteiger partial charge is 0.481 e. The van der Waals surface area contributed by atoms with Gasteiger partial charge in [0.05, 0.1) is 36.4 Å². The molecular weight excluding hydrogens is 512 g/mol. The van der Waals surface area contributed by atoms with Gasteiger partial charge < -0.3 is 35.7 Å². The van der Waals surface area contributed by atoms with Crippen LogP contribution in [0.5, 0.6) is 0 Å². The second kappa shape index (κ2) is 20.6. The predicted molar refractivity (Wildman–Crippen MR) is 127 cm³/mol. The molecule has 0 aromatic rings. The molecule has 190 valence electrons. The van der Waals surface area contributed by atoms with Gasteiger partial charge in [-0.2, -0.15) is 25.3 Å². The lowest BCUT2D eigenvalue weighted by atomic mass is 9.93. The summed E-state index contributed by atoms with van der Waals surface area (Å²) >= 11 is 14.9. The lowest BCUT2D eigenvalue weighted by molar-refractivity contribution is -0.141. The van der Waals surface area contributed by atoms with Crippen LogP contribution >= 0.6 is 50.5 Å². The van der Waals surface area contributed by atoms with Crippen molar-refractivity contribution in [3.8, 4) is 0 Å². The Kier molecular flexibility index (Phi) is 24.6. The number of carbonyl (C=O) groups is 5. The van der Waals surface area contributed by atoms with Gasteiger partial charge in [-0.25, -0.2) is 4.79 Å². The number of aliphatic hydroxyl groups is 4. The number of thiol groups is 4. The van der Waals surface area contributed by atoms with E-state index in [4.69, 9.17) is 35.7 Å². The van der Waals surface area contributed by atoms with Gasteiger partial charge in [-0.1, -0.05) is 0 Å². The van der Waals surface area contributed by atoms with Crippen LogP contribution < -0.4 is 0 Å². The summed E-state index contributed by atoms with van der Waals surface area (Å²) in [7, 11) is 0. The molecule has 0 fully saturated rings. The van der Waals surface area contributed by atoms with E-state index in [1.807, 2.05) is 0 Å². The van der Waals surface area contributed by atoms with Crippen LogP contribution in [-0.2, 0) is 24.0 Å². The van der Waals surface area contributed by atoms with Crippen molar-refractivity contribution in [2.24, 2.45) is 5.41 Å². The Balaban J connectivity index is -0.000000165. The molecule has 0 saturated carbocycles. The van der Waals surface area contributed by atoms with Crippen molar-refractivity contribution in [1.82, 2.24) is 0 Å². The highest BCUT2D eigenvalue weighted by Crippen LogP contribution is 2.30. The highest BCUT2D eigenvalue weighted by molar-refractivity contribution is 8.08. The second-order valence-corrected chi connectivity index (χ2v) is 9.29. The van der Waals surface area contributed by atoms with Crippen molar-refractivity contribution >= 4 is 80.0 Å². The molecule has 0 saturated heterocycles. The number of rotatable bonds is 10. The molecule has 0 aliphatic carbocycles. The molecule has 0 bridgehead atoms. The molecule has 0 rings (SSSR count). The average molecular weight is 543 g/mol. The maximum atomic E-state index is 10.2. The SMILES string of the molecule is CC(=O)CC(=O)O.CC(=O)CC(=O)O.O=C(O)C(S)(S)C(S)S.OCC(CO)(CO)CO. The maximum absolute atomic E-state index is 10.2. The summed E-state index contributed by atoms with van der Waals surface area (Å²) in [4.78, 5) is 49.1. The molecule has 0 aliphatic heterocycles. The van der Waals surface area contributed by atoms with Crippen LogP contribution in [0.3, 0.4) is 0 Å². The van der Waals surface area contributed by atoms with E-state index >= 15 is 0 Å². The molecule has 0 radical (unpaired) electrons. The summed E-state index contributed by atoms with van der Waals surface area (Å²) in [6.07, 6.45) is -0.722. The fourth-order valence-electron chi connectivity index (χ4n) is 0.836. The smallest absolute Gasteiger partial charge is 0.331 e. The third-order valence-electron chi connectivity index (χ3n) is 2.82. The zero-order chi connectivity index (χ0) is 26.7. The third kappa shape index (κ3) is 23.6. The van der Waals surface area contributed by atoms with Crippen LogP contribution in [0.25, 0.3) is 0 Å². The van der Waals surface area contributed by atoms with Crippen molar-refractivity contribution in [1.29, 1.82) is 0 Å². The Hall–Kier alpha value is -1.01. The highest BCUT2D eigenvalue weighted by Gasteiger charge is 2.35. The number of Topliss-reactive ketones (excluding diaryl/α,β-unsaturated/α-hetero) is 2. The molecule has 0 heterocycles. The monoisotopic (exact) mass is 542 g/mol. The summed E-state index contributed by atoms with van der Waals surface area (Å²) in [5.41, 5.74) is -1.11. The van der Waals surface area contributed by atoms with E-state index in [2.05, 4.69) is 50.5 Å². The minimum atomic E-state index is -1.47.